The van der Waals surface area contributed by atoms with Crippen molar-refractivity contribution in [2.45, 2.75) is 13.1 Å². The molecule has 0 saturated heterocycles. The zero-order valence-corrected chi connectivity index (χ0v) is 10.8. The van der Waals surface area contributed by atoms with E-state index in [1.165, 1.54) is 6.20 Å². The SMILES string of the molecule is Cc1cc(NC(=O)Nc2nnc(C(F)(F)F)s2)ccn1. The van der Waals surface area contributed by atoms with Crippen molar-refractivity contribution in [3.8, 4) is 0 Å². The molecule has 0 bridgehead atoms. The molecule has 2 aromatic rings. The normalized spacial score (nSPS) is 11.2. The van der Waals surface area contributed by atoms with E-state index in [-0.39, 0.29) is 16.5 Å². The zero-order valence-electron chi connectivity index (χ0n) is 10.0. The number of alkyl halides is 3. The molecule has 6 nitrogen and oxygen atoms in total. The van der Waals surface area contributed by atoms with Gasteiger partial charge in [-0.15, -0.1) is 10.2 Å². The van der Waals surface area contributed by atoms with Crippen molar-refractivity contribution >= 4 is 28.2 Å². The van der Waals surface area contributed by atoms with E-state index in [0.717, 1.165) is 0 Å². The molecule has 10 heteroatoms. The summed E-state index contributed by atoms with van der Waals surface area (Å²) in [6.45, 7) is 1.74. The summed E-state index contributed by atoms with van der Waals surface area (Å²) in [5.41, 5.74) is 1.16. The summed E-state index contributed by atoms with van der Waals surface area (Å²) < 4.78 is 36.9. The van der Waals surface area contributed by atoms with Gasteiger partial charge in [0.05, 0.1) is 0 Å². The van der Waals surface area contributed by atoms with Crippen LogP contribution in [0.2, 0.25) is 0 Å². The predicted molar refractivity (Wildman–Crippen MR) is 66.5 cm³/mol. The van der Waals surface area contributed by atoms with Crippen molar-refractivity contribution in [3.05, 3.63) is 29.0 Å². The molecule has 2 heterocycles. The summed E-state index contributed by atoms with van der Waals surface area (Å²) in [7, 11) is 0. The Morgan fingerprint density at radius 1 is 1.30 bits per heavy atom. The lowest BCUT2D eigenvalue weighted by Crippen LogP contribution is -2.19. The number of hydrogen-bond donors (Lipinski definition) is 2. The van der Waals surface area contributed by atoms with Gasteiger partial charge in [0.1, 0.15) is 0 Å². The lowest BCUT2D eigenvalue weighted by molar-refractivity contribution is -0.138. The number of aryl methyl sites for hydroxylation is 1. The second kappa shape index (κ2) is 5.41. The van der Waals surface area contributed by atoms with Crippen LogP contribution in [0, 0.1) is 6.92 Å². The number of carbonyl (C=O) groups is 1. The van der Waals surface area contributed by atoms with Gasteiger partial charge in [-0.25, -0.2) is 4.79 Å². The Labute approximate surface area is 115 Å². The Morgan fingerprint density at radius 3 is 2.65 bits per heavy atom. The number of aromatic nitrogens is 3. The maximum Gasteiger partial charge on any atom is 0.445 e. The molecule has 2 amide bonds. The topological polar surface area (TPSA) is 79.8 Å². The van der Waals surface area contributed by atoms with E-state index in [2.05, 4.69) is 25.8 Å². The summed E-state index contributed by atoms with van der Waals surface area (Å²) in [5.74, 6) is 0. The van der Waals surface area contributed by atoms with Gasteiger partial charge in [0.15, 0.2) is 0 Å². The van der Waals surface area contributed by atoms with Crippen molar-refractivity contribution in [1.82, 2.24) is 15.2 Å². The molecule has 0 atom stereocenters. The van der Waals surface area contributed by atoms with Crippen LogP contribution in [0.25, 0.3) is 0 Å². The number of urea groups is 1. The molecular weight excluding hydrogens is 295 g/mol. The highest BCUT2D eigenvalue weighted by Gasteiger charge is 2.35. The van der Waals surface area contributed by atoms with Crippen LogP contribution in [0.15, 0.2) is 18.3 Å². The van der Waals surface area contributed by atoms with Gasteiger partial charge in [-0.2, -0.15) is 13.2 Å². The Morgan fingerprint density at radius 2 is 2.05 bits per heavy atom. The predicted octanol–water partition coefficient (Wildman–Crippen LogP) is 2.90. The number of halogens is 3. The second-order valence-corrected chi connectivity index (χ2v) is 4.65. The molecule has 0 saturated carbocycles. The molecule has 2 N–H and O–H groups in total. The first-order valence-corrected chi connectivity index (χ1v) is 6.07. The van der Waals surface area contributed by atoms with Crippen LogP contribution >= 0.6 is 11.3 Å². The first kappa shape index (κ1) is 14.2. The van der Waals surface area contributed by atoms with Crippen LogP contribution in [0.4, 0.5) is 28.8 Å². The zero-order chi connectivity index (χ0) is 14.8. The van der Waals surface area contributed by atoms with Gasteiger partial charge in [0.25, 0.3) is 0 Å². The molecule has 0 aliphatic heterocycles. The third-order valence-electron chi connectivity index (χ3n) is 2.04. The minimum absolute atomic E-state index is 0.236. The van der Waals surface area contributed by atoms with Crippen LogP contribution in [-0.4, -0.2) is 21.2 Å². The number of hydrogen-bond acceptors (Lipinski definition) is 5. The van der Waals surface area contributed by atoms with Gasteiger partial charge in [-0.05, 0) is 19.1 Å². The molecular formula is C10H8F3N5OS. The minimum atomic E-state index is -4.57. The Kier molecular flexibility index (Phi) is 3.84. The van der Waals surface area contributed by atoms with Crippen LogP contribution in [0.5, 0.6) is 0 Å². The van der Waals surface area contributed by atoms with E-state index in [9.17, 15) is 18.0 Å². The standard InChI is InChI=1S/C10H8F3N5OS/c1-5-4-6(2-3-14-5)15-8(19)16-9-18-17-7(20-9)10(11,12)13/h2-4H,1H3,(H2,14,15,16,18,19). The second-order valence-electron chi connectivity index (χ2n) is 3.68. The molecule has 2 rings (SSSR count). The minimum Gasteiger partial charge on any atom is -0.308 e. The van der Waals surface area contributed by atoms with Crippen molar-refractivity contribution in [3.63, 3.8) is 0 Å². The molecule has 0 aliphatic carbocycles. The van der Waals surface area contributed by atoms with Crippen LogP contribution in [-0.2, 0) is 6.18 Å². The maximum atomic E-state index is 12.3. The molecule has 0 fully saturated rings. The number of amides is 2. The Hall–Kier alpha value is -2.23. The van der Waals surface area contributed by atoms with Crippen molar-refractivity contribution in [1.29, 1.82) is 0 Å². The third kappa shape index (κ3) is 3.63. The molecule has 0 unspecified atom stereocenters. The van der Waals surface area contributed by atoms with E-state index in [1.54, 1.807) is 19.1 Å². The van der Waals surface area contributed by atoms with Gasteiger partial charge < -0.3 is 5.32 Å². The fourth-order valence-corrected chi connectivity index (χ4v) is 1.88. The maximum absolute atomic E-state index is 12.3. The molecule has 20 heavy (non-hydrogen) atoms. The van der Waals surface area contributed by atoms with Gasteiger partial charge in [-0.1, -0.05) is 11.3 Å². The summed E-state index contributed by atoms with van der Waals surface area (Å²) in [5, 5.41) is 9.47. The molecule has 0 aliphatic rings. The Bertz CT molecular complexity index is 627. The highest BCUT2D eigenvalue weighted by atomic mass is 32.1. The van der Waals surface area contributed by atoms with Crippen molar-refractivity contribution in [2.24, 2.45) is 0 Å². The highest BCUT2D eigenvalue weighted by molar-refractivity contribution is 7.15. The molecule has 0 radical (unpaired) electrons. The largest absolute Gasteiger partial charge is 0.445 e. The van der Waals surface area contributed by atoms with E-state index in [0.29, 0.717) is 11.4 Å². The summed E-state index contributed by atoms with van der Waals surface area (Å²) in [6, 6.07) is 2.45. The number of anilines is 2. The monoisotopic (exact) mass is 303 g/mol. The first-order chi connectivity index (χ1) is 9.34. The van der Waals surface area contributed by atoms with Crippen LogP contribution in [0.1, 0.15) is 10.7 Å². The van der Waals surface area contributed by atoms with Gasteiger partial charge in [0, 0.05) is 17.6 Å². The van der Waals surface area contributed by atoms with E-state index in [1.807, 2.05) is 0 Å². The number of rotatable bonds is 2. The summed E-state index contributed by atoms with van der Waals surface area (Å²) >= 11 is 0.250. The summed E-state index contributed by atoms with van der Waals surface area (Å²) in [6.07, 6.45) is -3.08. The van der Waals surface area contributed by atoms with E-state index >= 15 is 0 Å². The van der Waals surface area contributed by atoms with E-state index in [4.69, 9.17) is 0 Å². The molecule has 0 spiro atoms. The molecule has 0 aromatic carbocycles. The quantitative estimate of drug-likeness (QED) is 0.894. The summed E-state index contributed by atoms with van der Waals surface area (Å²) in [4.78, 5) is 15.5. The van der Waals surface area contributed by atoms with Gasteiger partial charge in [0.2, 0.25) is 10.1 Å². The average molecular weight is 303 g/mol. The lowest BCUT2D eigenvalue weighted by Gasteiger charge is -2.05. The first-order valence-electron chi connectivity index (χ1n) is 5.26. The van der Waals surface area contributed by atoms with Gasteiger partial charge in [-0.3, -0.25) is 10.3 Å². The van der Waals surface area contributed by atoms with E-state index < -0.39 is 17.2 Å². The lowest BCUT2D eigenvalue weighted by atomic mass is 10.3. The van der Waals surface area contributed by atoms with Crippen molar-refractivity contribution in [2.75, 3.05) is 10.6 Å². The number of nitrogens with one attached hydrogen (secondary N) is 2. The molecule has 2 aromatic heterocycles. The van der Waals surface area contributed by atoms with Gasteiger partial charge >= 0.3 is 12.2 Å². The average Bonchev–Trinajstić information content (AvgIpc) is 2.76. The van der Waals surface area contributed by atoms with Crippen LogP contribution < -0.4 is 10.6 Å². The molecule has 106 valence electrons. The highest BCUT2D eigenvalue weighted by Crippen LogP contribution is 2.32. The third-order valence-corrected chi connectivity index (χ3v) is 2.93. The fourth-order valence-electron chi connectivity index (χ4n) is 1.27. The van der Waals surface area contributed by atoms with Crippen LogP contribution in [0.3, 0.4) is 0 Å². The van der Waals surface area contributed by atoms with Crippen molar-refractivity contribution < 1.29 is 18.0 Å². The fraction of sp³-hybridized carbons (Fsp3) is 0.200. The Balaban J connectivity index is 2.00. The number of pyridine rings is 1. The smallest absolute Gasteiger partial charge is 0.308 e. The number of carbonyl (C=O) groups excluding carboxylic acids is 1. The number of nitrogens with zero attached hydrogens (tertiary/aromatic N) is 3.